The number of benzene rings is 1. The highest BCUT2D eigenvalue weighted by Crippen LogP contribution is 2.14. The van der Waals surface area contributed by atoms with Crippen molar-refractivity contribution in [2.24, 2.45) is 5.11 Å². The van der Waals surface area contributed by atoms with Crippen LogP contribution in [0, 0.1) is 0 Å². The molecule has 0 amide bonds. The van der Waals surface area contributed by atoms with Crippen LogP contribution in [0.15, 0.2) is 29.4 Å². The van der Waals surface area contributed by atoms with Crippen molar-refractivity contribution in [2.45, 2.75) is 45.4 Å². The first kappa shape index (κ1) is 16.1. The van der Waals surface area contributed by atoms with E-state index in [-0.39, 0.29) is 5.97 Å². The lowest BCUT2D eigenvalue weighted by Gasteiger charge is -2.05. The van der Waals surface area contributed by atoms with Gasteiger partial charge in [-0.05, 0) is 24.1 Å². The summed E-state index contributed by atoms with van der Waals surface area (Å²) in [6.07, 6.45) is 6.98. The van der Waals surface area contributed by atoms with Crippen molar-refractivity contribution < 1.29 is 9.53 Å². The molecule has 0 spiro atoms. The predicted octanol–water partition coefficient (Wildman–Crippen LogP) is 5.15. The minimum Gasteiger partial charge on any atom is -0.462 e. The molecule has 108 valence electrons. The van der Waals surface area contributed by atoms with Gasteiger partial charge in [0.15, 0.2) is 0 Å². The van der Waals surface area contributed by atoms with Crippen LogP contribution >= 0.6 is 0 Å². The van der Waals surface area contributed by atoms with Crippen LogP contribution in [0.3, 0.4) is 0 Å². The van der Waals surface area contributed by atoms with Crippen molar-refractivity contribution in [1.82, 2.24) is 0 Å². The monoisotopic (exact) mass is 275 g/mol. The van der Waals surface area contributed by atoms with E-state index < -0.39 is 0 Å². The molecule has 0 aliphatic rings. The summed E-state index contributed by atoms with van der Waals surface area (Å²) in [6, 6.07) is 6.41. The van der Waals surface area contributed by atoms with Gasteiger partial charge in [0.25, 0.3) is 0 Å². The average Bonchev–Trinajstić information content (AvgIpc) is 2.47. The second-order valence-electron chi connectivity index (χ2n) is 4.64. The topological polar surface area (TPSA) is 75.1 Å². The van der Waals surface area contributed by atoms with Gasteiger partial charge in [0.2, 0.25) is 0 Å². The highest BCUT2D eigenvalue weighted by atomic mass is 16.5. The minimum atomic E-state index is -0.328. The van der Waals surface area contributed by atoms with E-state index in [1.54, 1.807) is 24.3 Å². The number of azide groups is 1. The Kier molecular flexibility index (Phi) is 7.92. The smallest absolute Gasteiger partial charge is 0.338 e. The molecule has 5 nitrogen and oxygen atoms in total. The van der Waals surface area contributed by atoms with E-state index in [4.69, 9.17) is 10.3 Å². The van der Waals surface area contributed by atoms with Crippen molar-refractivity contribution in [3.05, 3.63) is 40.3 Å². The summed E-state index contributed by atoms with van der Waals surface area (Å²) in [5.74, 6) is -0.328. The van der Waals surface area contributed by atoms with Crippen molar-refractivity contribution in [3.8, 4) is 0 Å². The van der Waals surface area contributed by atoms with Gasteiger partial charge >= 0.3 is 5.97 Å². The quantitative estimate of drug-likeness (QED) is 0.205. The summed E-state index contributed by atoms with van der Waals surface area (Å²) < 4.78 is 5.19. The Balaban J connectivity index is 2.23. The fourth-order valence-electron chi connectivity index (χ4n) is 1.85. The molecule has 20 heavy (non-hydrogen) atoms. The normalized spacial score (nSPS) is 9.85. The van der Waals surface area contributed by atoms with Crippen LogP contribution in [0.2, 0.25) is 0 Å². The van der Waals surface area contributed by atoms with Crippen LogP contribution < -0.4 is 0 Å². The van der Waals surface area contributed by atoms with Crippen molar-refractivity contribution in [3.63, 3.8) is 0 Å². The van der Waals surface area contributed by atoms with E-state index in [9.17, 15) is 4.79 Å². The van der Waals surface area contributed by atoms with E-state index in [1.807, 2.05) is 0 Å². The lowest BCUT2D eigenvalue weighted by molar-refractivity contribution is 0.0497. The molecule has 0 aromatic heterocycles. The summed E-state index contributed by atoms with van der Waals surface area (Å²) in [5, 5.41) is 3.45. The zero-order valence-electron chi connectivity index (χ0n) is 11.9. The highest BCUT2D eigenvalue weighted by molar-refractivity contribution is 5.89. The lowest BCUT2D eigenvalue weighted by atomic mass is 10.1. The van der Waals surface area contributed by atoms with Crippen LogP contribution in [0.1, 0.15) is 55.8 Å². The maximum absolute atomic E-state index is 11.7. The molecule has 1 aromatic rings. The standard InChI is InChI=1S/C15H21N3O2/c1-2-3-4-5-6-7-12-20-15(19)13-8-10-14(11-9-13)17-18-16/h8-11H,2-7,12H2,1H3. The highest BCUT2D eigenvalue weighted by Gasteiger charge is 2.06. The first-order chi connectivity index (χ1) is 9.77. The zero-order chi connectivity index (χ0) is 14.6. The molecule has 0 atom stereocenters. The van der Waals surface area contributed by atoms with Crippen molar-refractivity contribution >= 4 is 11.7 Å². The Bertz CT molecular complexity index is 451. The molecule has 0 radical (unpaired) electrons. The number of carbonyl (C=O) groups is 1. The third kappa shape index (κ3) is 6.25. The molecule has 0 fully saturated rings. The predicted molar refractivity (Wildman–Crippen MR) is 78.9 cm³/mol. The number of ether oxygens (including phenoxy) is 1. The molecular weight excluding hydrogens is 254 g/mol. The van der Waals surface area contributed by atoms with Gasteiger partial charge in [0.05, 0.1) is 12.2 Å². The number of hydrogen-bond acceptors (Lipinski definition) is 3. The number of nitrogens with zero attached hydrogens (tertiary/aromatic N) is 3. The van der Waals surface area contributed by atoms with Crippen LogP contribution in [-0.2, 0) is 4.74 Å². The molecule has 1 rings (SSSR count). The van der Waals surface area contributed by atoms with E-state index in [0.29, 0.717) is 17.9 Å². The van der Waals surface area contributed by atoms with Crippen molar-refractivity contribution in [2.75, 3.05) is 6.61 Å². The third-order valence-electron chi connectivity index (χ3n) is 2.99. The Labute approximate surface area is 119 Å². The SMILES string of the molecule is CCCCCCCCOC(=O)c1ccc(N=[N+]=[N-])cc1. The van der Waals surface area contributed by atoms with Gasteiger partial charge in [-0.15, -0.1) is 0 Å². The van der Waals surface area contributed by atoms with Crippen LogP contribution in [0.4, 0.5) is 5.69 Å². The van der Waals surface area contributed by atoms with E-state index in [1.165, 1.54) is 25.7 Å². The Morgan fingerprint density at radius 2 is 1.80 bits per heavy atom. The zero-order valence-corrected chi connectivity index (χ0v) is 11.9. The second-order valence-corrected chi connectivity index (χ2v) is 4.64. The first-order valence-electron chi connectivity index (χ1n) is 7.10. The summed E-state index contributed by atoms with van der Waals surface area (Å²) in [7, 11) is 0. The number of unbranched alkanes of at least 4 members (excludes halogenated alkanes) is 5. The fraction of sp³-hybridized carbons (Fsp3) is 0.533. The summed E-state index contributed by atoms with van der Waals surface area (Å²) in [6.45, 7) is 2.65. The molecule has 0 aliphatic heterocycles. The number of carbonyl (C=O) groups excluding carboxylic acids is 1. The van der Waals surface area contributed by atoms with Gasteiger partial charge < -0.3 is 4.74 Å². The van der Waals surface area contributed by atoms with Gasteiger partial charge in [0, 0.05) is 10.6 Å². The van der Waals surface area contributed by atoms with Crippen LogP contribution in [0.25, 0.3) is 10.4 Å². The average molecular weight is 275 g/mol. The van der Waals surface area contributed by atoms with Gasteiger partial charge in [-0.2, -0.15) is 0 Å². The molecule has 1 aromatic carbocycles. The third-order valence-corrected chi connectivity index (χ3v) is 2.99. The number of hydrogen-bond donors (Lipinski definition) is 0. The molecule has 0 saturated heterocycles. The largest absolute Gasteiger partial charge is 0.462 e. The van der Waals surface area contributed by atoms with E-state index in [2.05, 4.69) is 16.9 Å². The first-order valence-corrected chi connectivity index (χ1v) is 7.10. The molecule has 0 aliphatic carbocycles. The summed E-state index contributed by atoms with van der Waals surface area (Å²) >= 11 is 0. The maximum atomic E-state index is 11.7. The Morgan fingerprint density at radius 1 is 1.15 bits per heavy atom. The molecule has 0 bridgehead atoms. The minimum absolute atomic E-state index is 0.328. The number of rotatable bonds is 9. The molecule has 0 heterocycles. The molecule has 5 heteroatoms. The Hall–Kier alpha value is -2.00. The van der Waals surface area contributed by atoms with Gasteiger partial charge in [-0.25, -0.2) is 4.79 Å². The second kappa shape index (κ2) is 9.87. The summed E-state index contributed by atoms with van der Waals surface area (Å²) in [5.41, 5.74) is 9.25. The van der Waals surface area contributed by atoms with Crippen LogP contribution in [-0.4, -0.2) is 12.6 Å². The number of esters is 1. The molecular formula is C15H21N3O2. The van der Waals surface area contributed by atoms with Crippen LogP contribution in [0.5, 0.6) is 0 Å². The van der Waals surface area contributed by atoms with Gasteiger partial charge in [-0.1, -0.05) is 56.3 Å². The lowest BCUT2D eigenvalue weighted by Crippen LogP contribution is -2.06. The van der Waals surface area contributed by atoms with Gasteiger partial charge in [-0.3, -0.25) is 0 Å². The summed E-state index contributed by atoms with van der Waals surface area (Å²) in [4.78, 5) is 14.4. The molecule has 0 unspecified atom stereocenters. The Morgan fingerprint density at radius 3 is 2.45 bits per heavy atom. The maximum Gasteiger partial charge on any atom is 0.338 e. The van der Waals surface area contributed by atoms with E-state index in [0.717, 1.165) is 12.8 Å². The molecule has 0 N–H and O–H groups in total. The van der Waals surface area contributed by atoms with Crippen molar-refractivity contribution in [1.29, 1.82) is 0 Å². The van der Waals surface area contributed by atoms with E-state index >= 15 is 0 Å². The van der Waals surface area contributed by atoms with Gasteiger partial charge in [0.1, 0.15) is 0 Å². The molecule has 0 saturated carbocycles. The fourth-order valence-corrected chi connectivity index (χ4v) is 1.85.